The molecule has 73 heavy (non-hydrogen) atoms. The summed E-state index contributed by atoms with van der Waals surface area (Å²) in [6.45, 7) is 8.45. The van der Waals surface area contributed by atoms with Crippen LogP contribution in [0, 0.1) is 23.5 Å². The van der Waals surface area contributed by atoms with Crippen molar-refractivity contribution in [3.63, 3.8) is 0 Å². The number of carbonyl (C=O) groups is 4. The zero-order valence-electron chi connectivity index (χ0n) is 41.2. The Morgan fingerprint density at radius 3 is 1.79 bits per heavy atom. The van der Waals surface area contributed by atoms with Gasteiger partial charge in [0.05, 0.1) is 66.9 Å². The Kier molecular flexibility index (Phi) is 18.0. The molecule has 3 fully saturated rings. The highest BCUT2D eigenvalue weighted by molar-refractivity contribution is 7.59. The summed E-state index contributed by atoms with van der Waals surface area (Å²) in [7, 11) is 2.52. The third-order valence-electron chi connectivity index (χ3n) is 13.9. The summed E-state index contributed by atoms with van der Waals surface area (Å²) in [6.07, 6.45) is 5.89. The number of amides is 4. The van der Waals surface area contributed by atoms with Crippen molar-refractivity contribution in [3.05, 3.63) is 87.9 Å². The summed E-state index contributed by atoms with van der Waals surface area (Å²) in [5.41, 5.74) is 3.96. The van der Waals surface area contributed by atoms with E-state index >= 15 is 8.78 Å². The normalized spacial score (nSPS) is 18.6. The Morgan fingerprint density at radius 2 is 1.27 bits per heavy atom. The first-order chi connectivity index (χ1) is 33.2. The lowest BCUT2D eigenvalue weighted by atomic mass is 10.0. The van der Waals surface area contributed by atoms with E-state index in [1.165, 1.54) is 31.6 Å². The molecule has 23 heteroatoms. The van der Waals surface area contributed by atoms with E-state index in [4.69, 9.17) is 19.2 Å². The van der Waals surface area contributed by atoms with Gasteiger partial charge in [-0.15, -0.1) is 11.3 Å². The van der Waals surface area contributed by atoms with Gasteiger partial charge in [-0.2, -0.15) is 54.0 Å². The van der Waals surface area contributed by atoms with Crippen LogP contribution < -0.4 is 15.4 Å². The molecule has 4 N–H and O–H groups in total. The number of imidazole rings is 2. The fourth-order valence-electron chi connectivity index (χ4n) is 10.1. The van der Waals surface area contributed by atoms with Crippen molar-refractivity contribution in [2.45, 2.75) is 103 Å². The maximum atomic E-state index is 16.9. The molecule has 10 rings (SSSR count). The number of likely N-dealkylation sites (tertiary alicyclic amines) is 2. The SMILES string of the molecule is COC(=O)N[C@H](C(=O)N1CCC[C@H]1c1ncc(-c2cc(F)c3c(c2)OC(c2sc(C4CC4)cc2F)n2c-3cc3cc(-c4cnc([C@@H]5CCCN5C(=O)[C@@H](NC(=O)OC)C(C)C)[nH]4)ccc32)[nH]1)C(C)C.S.S.S.S. The van der Waals surface area contributed by atoms with Crippen LogP contribution in [0.5, 0.6) is 5.75 Å². The summed E-state index contributed by atoms with van der Waals surface area (Å²) in [5, 5.41) is 6.13. The molecule has 1 unspecified atom stereocenters. The molecule has 0 spiro atoms. The van der Waals surface area contributed by atoms with E-state index in [9.17, 15) is 19.2 Å². The minimum Gasteiger partial charge on any atom is -0.464 e. The zero-order valence-corrected chi connectivity index (χ0v) is 46.0. The second-order valence-electron chi connectivity index (χ2n) is 19.1. The third-order valence-corrected chi connectivity index (χ3v) is 15.2. The standard InChI is InChI=1S/C50H55F2N9O7S.4H2S/c1-24(2)41(57-49(64)66-5)46(62)59-15-7-9-35(59)44-53-22-32(55-44)27-13-14-34-29(17-27)19-37-40-30(51)18-28(20-38(40)68-48(61(34)37)43-31(52)21-39(69-43)26-11-12-26)33-23-54-45(56-33)36-10-8-16-60(36)47(63)42(25(3)4)58-50(65)67-6;;;;/h13-14,17-26,35-36,41-42,48H,7-12,15-16H2,1-6H3,(H,53,55)(H,54,56)(H,57,64)(H,58,65);4*1H2/t35-,36-,41-,42-,48?;;;;/m0..../s1. The van der Waals surface area contributed by atoms with Crippen LogP contribution in [-0.2, 0) is 19.1 Å². The highest BCUT2D eigenvalue weighted by Gasteiger charge is 2.41. The van der Waals surface area contributed by atoms with Crippen LogP contribution in [0.1, 0.15) is 112 Å². The molecule has 1 aliphatic carbocycles. The molecule has 4 aliphatic rings. The molecular weight excluding hydrogens is 1040 g/mol. The number of nitrogens with zero attached hydrogens (tertiary/aromatic N) is 5. The number of benzene rings is 2. The molecule has 5 atom stereocenters. The third kappa shape index (κ3) is 10.8. The van der Waals surface area contributed by atoms with Crippen LogP contribution in [0.2, 0.25) is 0 Å². The summed E-state index contributed by atoms with van der Waals surface area (Å²) in [5.74, 6) is -0.0343. The number of fused-ring (bicyclic) bond motifs is 5. The van der Waals surface area contributed by atoms with Crippen LogP contribution in [0.4, 0.5) is 18.4 Å². The topological polar surface area (TPSA) is 189 Å². The number of aromatic amines is 2. The van der Waals surface area contributed by atoms with Gasteiger partial charge in [-0.25, -0.2) is 28.3 Å². The number of halogens is 2. The van der Waals surface area contributed by atoms with E-state index in [0.29, 0.717) is 76.5 Å². The van der Waals surface area contributed by atoms with E-state index in [0.717, 1.165) is 41.5 Å². The van der Waals surface area contributed by atoms with Crippen molar-refractivity contribution in [2.24, 2.45) is 11.8 Å². The highest BCUT2D eigenvalue weighted by atomic mass is 32.1. The summed E-state index contributed by atoms with van der Waals surface area (Å²) in [4.78, 5) is 72.9. The number of hydrogen-bond acceptors (Lipinski definition) is 10. The largest absolute Gasteiger partial charge is 0.464 e. The smallest absolute Gasteiger partial charge is 0.407 e. The summed E-state index contributed by atoms with van der Waals surface area (Å²) >= 11 is 1.38. The van der Waals surface area contributed by atoms with Crippen molar-refractivity contribution < 1.29 is 42.2 Å². The number of hydrogen-bond donors (Lipinski definition) is 4. The van der Waals surface area contributed by atoms with Crippen molar-refractivity contribution in [1.82, 2.24) is 44.9 Å². The molecule has 1 saturated carbocycles. The predicted molar refractivity (Wildman–Crippen MR) is 295 cm³/mol. The summed E-state index contributed by atoms with van der Waals surface area (Å²) < 4.78 is 51.3. The van der Waals surface area contributed by atoms with Gasteiger partial charge in [-0.3, -0.25) is 14.2 Å². The molecular formula is C50H63F2N9O7S5. The van der Waals surface area contributed by atoms with Crippen LogP contribution in [-0.4, -0.2) is 97.7 Å². The number of aromatic nitrogens is 5. The van der Waals surface area contributed by atoms with Gasteiger partial charge >= 0.3 is 12.2 Å². The van der Waals surface area contributed by atoms with Crippen molar-refractivity contribution in [3.8, 4) is 39.5 Å². The van der Waals surface area contributed by atoms with Gasteiger partial charge in [0.2, 0.25) is 18.0 Å². The quantitative estimate of drug-likeness (QED) is 0.0925. The molecule has 7 heterocycles. The van der Waals surface area contributed by atoms with Crippen molar-refractivity contribution in [1.29, 1.82) is 0 Å². The molecule has 4 amide bonds. The molecule has 3 aliphatic heterocycles. The van der Waals surface area contributed by atoms with E-state index in [-0.39, 0.29) is 101 Å². The molecule has 2 aromatic carbocycles. The first kappa shape index (κ1) is 56.9. The van der Waals surface area contributed by atoms with Crippen molar-refractivity contribution in [2.75, 3.05) is 27.3 Å². The molecule has 2 saturated heterocycles. The molecule has 394 valence electrons. The minimum atomic E-state index is -0.945. The van der Waals surface area contributed by atoms with Crippen molar-refractivity contribution >= 4 is 100 Å². The maximum absolute atomic E-state index is 16.9. The van der Waals surface area contributed by atoms with Crippen LogP contribution >= 0.6 is 65.3 Å². The van der Waals surface area contributed by atoms with Gasteiger partial charge in [-0.05, 0) is 92.7 Å². The molecule has 0 bridgehead atoms. The average Bonchev–Trinajstić information content (AvgIpc) is 4.02. The lowest BCUT2D eigenvalue weighted by Gasteiger charge is -2.30. The van der Waals surface area contributed by atoms with E-state index in [1.54, 1.807) is 34.3 Å². The van der Waals surface area contributed by atoms with Gasteiger partial charge < -0.3 is 44.6 Å². The van der Waals surface area contributed by atoms with Crippen LogP contribution in [0.3, 0.4) is 0 Å². The number of H-pyrrole nitrogens is 2. The molecule has 6 aromatic rings. The number of nitrogens with one attached hydrogen (secondary N) is 4. The number of ether oxygens (including phenoxy) is 3. The predicted octanol–water partition coefficient (Wildman–Crippen LogP) is 9.78. The molecule has 4 aromatic heterocycles. The first-order valence-corrected chi connectivity index (χ1v) is 24.4. The number of methoxy groups -OCH3 is 2. The summed E-state index contributed by atoms with van der Waals surface area (Å²) in [6, 6.07) is 10.2. The number of alkyl carbamates (subject to hydrolysis) is 2. The maximum Gasteiger partial charge on any atom is 0.407 e. The molecule has 0 radical (unpaired) electrons. The van der Waals surface area contributed by atoms with E-state index in [2.05, 4.69) is 25.6 Å². The van der Waals surface area contributed by atoms with E-state index in [1.807, 2.05) is 56.5 Å². The Labute approximate surface area is 453 Å². The van der Waals surface area contributed by atoms with E-state index < -0.39 is 42.4 Å². The number of carbonyl (C=O) groups excluding carboxylic acids is 4. The molecule has 16 nitrogen and oxygen atoms in total. The fraction of sp³-hybridized carbons (Fsp3) is 0.440. The Bertz CT molecular complexity index is 2990. The van der Waals surface area contributed by atoms with Gasteiger partial charge in [0.15, 0.2) is 0 Å². The lowest BCUT2D eigenvalue weighted by Crippen LogP contribution is -2.51. The lowest BCUT2D eigenvalue weighted by molar-refractivity contribution is -0.136. The number of thiophene rings is 1. The first-order valence-electron chi connectivity index (χ1n) is 23.6. The van der Waals surface area contributed by atoms with Gasteiger partial charge in [0.25, 0.3) is 0 Å². The Hall–Kier alpha value is -5.36. The second-order valence-corrected chi connectivity index (χ2v) is 20.2. The zero-order chi connectivity index (χ0) is 48.4. The highest BCUT2D eigenvalue weighted by Crippen LogP contribution is 2.51. The average molecular weight is 1100 g/mol. The fourth-order valence-corrected chi connectivity index (χ4v) is 11.3. The van der Waals surface area contributed by atoms with Crippen LogP contribution in [0.25, 0.3) is 44.7 Å². The Balaban J connectivity index is 0.00000217. The van der Waals surface area contributed by atoms with Gasteiger partial charge in [-0.1, -0.05) is 33.8 Å². The van der Waals surface area contributed by atoms with Crippen LogP contribution in [0.15, 0.2) is 54.9 Å². The van der Waals surface area contributed by atoms with Gasteiger partial charge in [0.1, 0.15) is 46.0 Å². The monoisotopic (exact) mass is 1100 g/mol. The van der Waals surface area contributed by atoms with Gasteiger partial charge in [0, 0.05) is 34.5 Å². The number of rotatable bonds is 12. The Morgan fingerprint density at radius 1 is 0.726 bits per heavy atom. The minimum absolute atomic E-state index is 0. The second kappa shape index (κ2) is 23.0.